The van der Waals surface area contributed by atoms with Crippen molar-refractivity contribution in [1.29, 1.82) is 0 Å². The molecule has 0 bridgehead atoms. The van der Waals surface area contributed by atoms with E-state index in [1.54, 1.807) is 37.4 Å². The van der Waals surface area contributed by atoms with Crippen LogP contribution in [-0.2, 0) is 9.59 Å². The van der Waals surface area contributed by atoms with E-state index in [1.807, 2.05) is 42.5 Å². The van der Waals surface area contributed by atoms with Gasteiger partial charge in [-0.25, -0.2) is 0 Å². The molecule has 0 saturated carbocycles. The molecule has 2 amide bonds. The highest BCUT2D eigenvalue weighted by Gasteiger charge is 2.19. The summed E-state index contributed by atoms with van der Waals surface area (Å²) in [7, 11) is 1.58. The third-order valence-electron chi connectivity index (χ3n) is 4.47. The quantitative estimate of drug-likeness (QED) is 0.497. The molecule has 0 aromatic heterocycles. The van der Waals surface area contributed by atoms with Gasteiger partial charge in [-0.05, 0) is 48.0 Å². The average molecular weight is 439 g/mol. The third kappa shape index (κ3) is 6.49. The summed E-state index contributed by atoms with van der Waals surface area (Å²) in [5.41, 5.74) is 1.23. The molecule has 6 nitrogen and oxygen atoms in total. The number of ether oxygens (including phenoxy) is 2. The predicted octanol–water partition coefficient (Wildman–Crippen LogP) is 5.35. The number of methoxy groups -OCH3 is 1. The molecule has 160 valence electrons. The summed E-state index contributed by atoms with van der Waals surface area (Å²) in [6, 6.07) is 20.9. The van der Waals surface area contributed by atoms with Gasteiger partial charge in [-0.15, -0.1) is 0 Å². The average Bonchev–Trinajstić information content (AvgIpc) is 2.75. The van der Waals surface area contributed by atoms with Crippen LogP contribution < -0.4 is 20.1 Å². The second-order valence-corrected chi connectivity index (χ2v) is 7.27. The maximum Gasteiger partial charge on any atom is 0.226 e. The Kier molecular flexibility index (Phi) is 7.51. The number of hydrogen-bond donors (Lipinski definition) is 2. The van der Waals surface area contributed by atoms with Gasteiger partial charge in [0.15, 0.2) is 5.75 Å². The molecule has 31 heavy (non-hydrogen) atoms. The number of halogens is 1. The number of benzene rings is 3. The van der Waals surface area contributed by atoms with Crippen molar-refractivity contribution in [2.45, 2.75) is 19.4 Å². The van der Waals surface area contributed by atoms with E-state index in [0.717, 1.165) is 5.56 Å². The monoisotopic (exact) mass is 438 g/mol. The van der Waals surface area contributed by atoms with Crippen LogP contribution in [0, 0.1) is 0 Å². The number of amides is 2. The van der Waals surface area contributed by atoms with E-state index in [0.29, 0.717) is 28.0 Å². The lowest BCUT2D eigenvalue weighted by molar-refractivity contribution is -0.120. The SMILES string of the molecule is COc1ccc(C(CC(=O)Nc2cc(Cl)ccc2Oc2ccccc2)NC(C)=O)cc1. The summed E-state index contributed by atoms with van der Waals surface area (Å²) in [4.78, 5) is 24.5. The van der Waals surface area contributed by atoms with E-state index in [2.05, 4.69) is 10.6 Å². The summed E-state index contributed by atoms with van der Waals surface area (Å²) in [6.45, 7) is 1.41. The van der Waals surface area contributed by atoms with E-state index >= 15 is 0 Å². The smallest absolute Gasteiger partial charge is 0.226 e. The van der Waals surface area contributed by atoms with Crippen molar-refractivity contribution in [1.82, 2.24) is 5.32 Å². The highest BCUT2D eigenvalue weighted by molar-refractivity contribution is 6.31. The molecule has 3 rings (SSSR count). The fourth-order valence-corrected chi connectivity index (χ4v) is 3.20. The molecular weight excluding hydrogens is 416 g/mol. The van der Waals surface area contributed by atoms with Gasteiger partial charge in [-0.3, -0.25) is 9.59 Å². The van der Waals surface area contributed by atoms with Crippen LogP contribution in [0.15, 0.2) is 72.8 Å². The minimum absolute atomic E-state index is 0.0310. The topological polar surface area (TPSA) is 76.7 Å². The molecule has 1 atom stereocenters. The molecule has 0 aliphatic heterocycles. The molecule has 0 aliphatic rings. The van der Waals surface area contributed by atoms with Crippen LogP contribution in [0.25, 0.3) is 0 Å². The Labute approximate surface area is 186 Å². The molecule has 0 spiro atoms. The Morgan fingerprint density at radius 3 is 2.32 bits per heavy atom. The molecule has 0 saturated heterocycles. The Morgan fingerprint density at radius 2 is 1.68 bits per heavy atom. The van der Waals surface area contributed by atoms with Crippen molar-refractivity contribution < 1.29 is 19.1 Å². The lowest BCUT2D eigenvalue weighted by Gasteiger charge is -2.19. The van der Waals surface area contributed by atoms with Crippen molar-refractivity contribution in [2.24, 2.45) is 0 Å². The number of para-hydroxylation sites is 1. The summed E-state index contributed by atoms with van der Waals surface area (Å²) in [5.74, 6) is 1.26. The Hall–Kier alpha value is -3.51. The molecule has 0 fully saturated rings. The number of anilines is 1. The van der Waals surface area contributed by atoms with Crippen LogP contribution in [0.3, 0.4) is 0 Å². The Morgan fingerprint density at radius 1 is 0.968 bits per heavy atom. The normalized spacial score (nSPS) is 11.3. The van der Waals surface area contributed by atoms with Gasteiger partial charge in [-0.1, -0.05) is 41.9 Å². The lowest BCUT2D eigenvalue weighted by Crippen LogP contribution is -2.29. The van der Waals surface area contributed by atoms with Crippen LogP contribution >= 0.6 is 11.6 Å². The van der Waals surface area contributed by atoms with Crippen LogP contribution in [0.5, 0.6) is 17.2 Å². The van der Waals surface area contributed by atoms with E-state index in [1.165, 1.54) is 6.92 Å². The second-order valence-electron chi connectivity index (χ2n) is 6.83. The van der Waals surface area contributed by atoms with Crippen molar-refractivity contribution in [3.8, 4) is 17.2 Å². The summed E-state index contributed by atoms with van der Waals surface area (Å²) in [5, 5.41) is 6.12. The van der Waals surface area contributed by atoms with Gasteiger partial charge in [0.05, 0.1) is 25.3 Å². The molecule has 2 N–H and O–H groups in total. The molecule has 3 aromatic carbocycles. The van der Waals surface area contributed by atoms with Gasteiger partial charge in [0, 0.05) is 11.9 Å². The van der Waals surface area contributed by atoms with Gasteiger partial charge in [-0.2, -0.15) is 0 Å². The van der Waals surface area contributed by atoms with Gasteiger partial charge in [0.1, 0.15) is 11.5 Å². The van der Waals surface area contributed by atoms with Gasteiger partial charge in [0.2, 0.25) is 11.8 Å². The first-order chi connectivity index (χ1) is 14.9. The van der Waals surface area contributed by atoms with E-state index in [-0.39, 0.29) is 18.2 Å². The first-order valence-corrected chi connectivity index (χ1v) is 10.1. The van der Waals surface area contributed by atoms with Crippen LogP contribution in [0.2, 0.25) is 5.02 Å². The van der Waals surface area contributed by atoms with Crippen molar-refractivity contribution >= 4 is 29.1 Å². The van der Waals surface area contributed by atoms with Crippen molar-refractivity contribution in [3.05, 3.63) is 83.4 Å². The number of carbonyl (C=O) groups excluding carboxylic acids is 2. The molecule has 7 heteroatoms. The largest absolute Gasteiger partial charge is 0.497 e. The third-order valence-corrected chi connectivity index (χ3v) is 4.71. The van der Waals surface area contributed by atoms with Gasteiger partial charge in [0.25, 0.3) is 0 Å². The molecule has 3 aromatic rings. The first kappa shape index (κ1) is 22.2. The standard InChI is InChI=1S/C24H23ClN2O4/c1-16(28)26-21(17-8-11-19(30-2)12-9-17)15-24(29)27-22-14-18(25)10-13-23(22)31-20-6-4-3-5-7-20/h3-14,21H,15H2,1-2H3,(H,26,28)(H,27,29). The summed E-state index contributed by atoms with van der Waals surface area (Å²) < 4.78 is 11.1. The zero-order valence-corrected chi connectivity index (χ0v) is 18.0. The van der Waals surface area contributed by atoms with Crippen molar-refractivity contribution in [2.75, 3.05) is 12.4 Å². The molecule has 0 heterocycles. The number of rotatable bonds is 8. The lowest BCUT2D eigenvalue weighted by atomic mass is 10.0. The maximum absolute atomic E-state index is 12.8. The minimum Gasteiger partial charge on any atom is -0.497 e. The summed E-state index contributed by atoms with van der Waals surface area (Å²) in [6.07, 6.45) is 0.0310. The van der Waals surface area contributed by atoms with Crippen LogP contribution in [0.4, 0.5) is 5.69 Å². The van der Waals surface area contributed by atoms with Crippen LogP contribution in [0.1, 0.15) is 24.9 Å². The number of nitrogens with one attached hydrogen (secondary N) is 2. The minimum atomic E-state index is -0.499. The fourth-order valence-electron chi connectivity index (χ4n) is 3.02. The molecule has 1 unspecified atom stereocenters. The molecular formula is C24H23ClN2O4. The highest BCUT2D eigenvalue weighted by atomic mass is 35.5. The zero-order chi connectivity index (χ0) is 22.2. The summed E-state index contributed by atoms with van der Waals surface area (Å²) >= 11 is 6.13. The zero-order valence-electron chi connectivity index (χ0n) is 17.2. The maximum atomic E-state index is 12.8. The fraction of sp³-hybridized carbons (Fsp3) is 0.167. The van der Waals surface area contributed by atoms with E-state index in [9.17, 15) is 9.59 Å². The van der Waals surface area contributed by atoms with Crippen molar-refractivity contribution in [3.63, 3.8) is 0 Å². The van der Waals surface area contributed by atoms with Gasteiger partial charge < -0.3 is 20.1 Å². The molecule has 0 aliphatic carbocycles. The number of hydrogen-bond acceptors (Lipinski definition) is 4. The van der Waals surface area contributed by atoms with Crippen LogP contribution in [-0.4, -0.2) is 18.9 Å². The predicted molar refractivity (Wildman–Crippen MR) is 121 cm³/mol. The first-order valence-electron chi connectivity index (χ1n) is 9.68. The highest BCUT2D eigenvalue weighted by Crippen LogP contribution is 2.32. The van der Waals surface area contributed by atoms with E-state index in [4.69, 9.17) is 21.1 Å². The van der Waals surface area contributed by atoms with Gasteiger partial charge >= 0.3 is 0 Å². The molecule has 0 radical (unpaired) electrons. The second kappa shape index (κ2) is 10.5. The Balaban J connectivity index is 1.77. The van der Waals surface area contributed by atoms with E-state index < -0.39 is 6.04 Å². The Bertz CT molecular complexity index is 1040. The number of carbonyl (C=O) groups is 2.